The molecule has 0 bridgehead atoms. The molecule has 2 aromatic rings. The Bertz CT molecular complexity index is 535. The van der Waals surface area contributed by atoms with Crippen LogP contribution in [0.3, 0.4) is 0 Å². The zero-order chi connectivity index (χ0) is 12.3. The summed E-state index contributed by atoms with van der Waals surface area (Å²) in [5, 5.41) is 2.95. The van der Waals surface area contributed by atoms with Crippen LogP contribution in [0.4, 0.5) is 5.82 Å². The molecular formula is C14H14N2O. The second kappa shape index (κ2) is 4.78. The van der Waals surface area contributed by atoms with Gasteiger partial charge in [0.15, 0.2) is 5.78 Å². The lowest BCUT2D eigenvalue weighted by Gasteiger charge is -2.06. The summed E-state index contributed by atoms with van der Waals surface area (Å²) in [6, 6.07) is 12.9. The predicted octanol–water partition coefficient (Wildman–Crippen LogP) is 2.66. The van der Waals surface area contributed by atoms with E-state index >= 15 is 0 Å². The third-order valence-corrected chi connectivity index (χ3v) is 2.62. The van der Waals surface area contributed by atoms with Crippen LogP contribution in [-0.4, -0.2) is 17.8 Å². The van der Waals surface area contributed by atoms with E-state index in [-0.39, 0.29) is 5.78 Å². The maximum atomic E-state index is 12.2. The number of hydrogen-bond acceptors (Lipinski definition) is 3. The van der Waals surface area contributed by atoms with Gasteiger partial charge in [-0.2, -0.15) is 0 Å². The first kappa shape index (κ1) is 11.3. The molecule has 2 rings (SSSR count). The van der Waals surface area contributed by atoms with Crippen LogP contribution in [0.5, 0.6) is 0 Å². The van der Waals surface area contributed by atoms with E-state index in [1.54, 1.807) is 7.05 Å². The van der Waals surface area contributed by atoms with Gasteiger partial charge in [0.05, 0.1) is 5.69 Å². The third-order valence-electron chi connectivity index (χ3n) is 2.62. The summed E-state index contributed by atoms with van der Waals surface area (Å²) in [7, 11) is 1.81. The number of aryl methyl sites for hydroxylation is 1. The van der Waals surface area contributed by atoms with E-state index in [4.69, 9.17) is 0 Å². The average Bonchev–Trinajstić information content (AvgIpc) is 2.39. The fraction of sp³-hybridized carbons (Fsp3) is 0.143. The van der Waals surface area contributed by atoms with E-state index in [1.807, 2.05) is 49.4 Å². The summed E-state index contributed by atoms with van der Waals surface area (Å²) >= 11 is 0. The standard InChI is InChI=1S/C14H14N2O/c1-10-12(8-9-13(15-2)16-10)14(17)11-6-4-3-5-7-11/h3-9H,1-2H3,(H,15,16). The van der Waals surface area contributed by atoms with Crippen molar-refractivity contribution in [3.63, 3.8) is 0 Å². The molecule has 0 amide bonds. The summed E-state index contributed by atoms with van der Waals surface area (Å²) < 4.78 is 0. The van der Waals surface area contributed by atoms with E-state index in [1.165, 1.54) is 0 Å². The number of carbonyl (C=O) groups excluding carboxylic acids is 1. The zero-order valence-corrected chi connectivity index (χ0v) is 9.90. The molecule has 17 heavy (non-hydrogen) atoms. The molecule has 3 nitrogen and oxygen atoms in total. The van der Waals surface area contributed by atoms with Crippen LogP contribution >= 0.6 is 0 Å². The molecule has 0 spiro atoms. The average molecular weight is 226 g/mol. The third kappa shape index (κ3) is 2.33. The molecular weight excluding hydrogens is 212 g/mol. The molecule has 0 unspecified atom stereocenters. The maximum Gasteiger partial charge on any atom is 0.194 e. The number of hydrogen-bond donors (Lipinski definition) is 1. The minimum absolute atomic E-state index is 0.0123. The first-order valence-electron chi connectivity index (χ1n) is 5.47. The van der Waals surface area contributed by atoms with Crippen LogP contribution in [0.2, 0.25) is 0 Å². The normalized spacial score (nSPS) is 10.0. The Balaban J connectivity index is 2.38. The van der Waals surface area contributed by atoms with Gasteiger partial charge in [-0.25, -0.2) is 4.98 Å². The van der Waals surface area contributed by atoms with Crippen molar-refractivity contribution in [3.05, 3.63) is 59.3 Å². The van der Waals surface area contributed by atoms with Gasteiger partial charge in [0, 0.05) is 18.2 Å². The summed E-state index contributed by atoms with van der Waals surface area (Å²) in [5.41, 5.74) is 2.08. The first-order valence-corrected chi connectivity index (χ1v) is 5.47. The highest BCUT2D eigenvalue weighted by Gasteiger charge is 2.12. The lowest BCUT2D eigenvalue weighted by Crippen LogP contribution is -2.06. The van der Waals surface area contributed by atoms with Crippen LogP contribution in [0, 0.1) is 6.92 Å². The molecule has 0 saturated heterocycles. The van der Waals surface area contributed by atoms with Crippen LogP contribution in [0.25, 0.3) is 0 Å². The number of anilines is 1. The second-order valence-corrected chi connectivity index (χ2v) is 3.77. The molecule has 0 radical (unpaired) electrons. The highest BCUT2D eigenvalue weighted by Crippen LogP contribution is 2.14. The van der Waals surface area contributed by atoms with Crippen molar-refractivity contribution >= 4 is 11.6 Å². The molecule has 0 saturated carbocycles. The van der Waals surface area contributed by atoms with Gasteiger partial charge in [-0.15, -0.1) is 0 Å². The molecule has 0 fully saturated rings. The highest BCUT2D eigenvalue weighted by atomic mass is 16.1. The zero-order valence-electron chi connectivity index (χ0n) is 9.90. The Hall–Kier alpha value is -2.16. The topological polar surface area (TPSA) is 42.0 Å². The summed E-state index contributed by atoms with van der Waals surface area (Å²) in [5.74, 6) is 0.783. The molecule has 0 atom stereocenters. The minimum atomic E-state index is 0.0123. The van der Waals surface area contributed by atoms with Gasteiger partial charge < -0.3 is 5.32 Å². The molecule has 86 valence electrons. The van der Waals surface area contributed by atoms with Crippen molar-refractivity contribution < 1.29 is 4.79 Å². The van der Waals surface area contributed by atoms with Crippen LogP contribution in [0.15, 0.2) is 42.5 Å². The van der Waals surface area contributed by atoms with Gasteiger partial charge in [0.1, 0.15) is 5.82 Å². The molecule has 0 aliphatic rings. The van der Waals surface area contributed by atoms with E-state index in [0.717, 1.165) is 11.5 Å². The summed E-state index contributed by atoms with van der Waals surface area (Å²) in [4.78, 5) is 16.5. The molecule has 1 aromatic heterocycles. The highest BCUT2D eigenvalue weighted by molar-refractivity contribution is 6.09. The van der Waals surface area contributed by atoms with E-state index in [9.17, 15) is 4.79 Å². The minimum Gasteiger partial charge on any atom is -0.373 e. The summed E-state index contributed by atoms with van der Waals surface area (Å²) in [6.07, 6.45) is 0. The Labute approximate surface area is 101 Å². The SMILES string of the molecule is CNc1ccc(C(=O)c2ccccc2)c(C)n1. The number of benzene rings is 1. The van der Waals surface area contributed by atoms with E-state index in [2.05, 4.69) is 10.3 Å². The number of rotatable bonds is 3. The van der Waals surface area contributed by atoms with Gasteiger partial charge in [-0.1, -0.05) is 30.3 Å². The first-order chi connectivity index (χ1) is 8.22. The van der Waals surface area contributed by atoms with Crippen LogP contribution in [-0.2, 0) is 0 Å². The van der Waals surface area contributed by atoms with Crippen LogP contribution in [0.1, 0.15) is 21.6 Å². The quantitative estimate of drug-likeness (QED) is 0.818. The fourth-order valence-electron chi connectivity index (χ4n) is 1.69. The smallest absolute Gasteiger partial charge is 0.194 e. The number of nitrogens with zero attached hydrogens (tertiary/aromatic N) is 1. The van der Waals surface area contributed by atoms with Crippen molar-refractivity contribution in [2.75, 3.05) is 12.4 Å². The maximum absolute atomic E-state index is 12.2. The van der Waals surface area contributed by atoms with Gasteiger partial charge >= 0.3 is 0 Å². The van der Waals surface area contributed by atoms with Crippen molar-refractivity contribution in [2.45, 2.75) is 6.92 Å². The van der Waals surface area contributed by atoms with E-state index < -0.39 is 0 Å². The van der Waals surface area contributed by atoms with Gasteiger partial charge in [-0.3, -0.25) is 4.79 Å². The molecule has 1 heterocycles. The van der Waals surface area contributed by atoms with Crippen LogP contribution < -0.4 is 5.32 Å². The Morgan fingerprint density at radius 3 is 2.41 bits per heavy atom. The van der Waals surface area contributed by atoms with Gasteiger partial charge in [-0.05, 0) is 19.1 Å². The largest absolute Gasteiger partial charge is 0.373 e. The second-order valence-electron chi connectivity index (χ2n) is 3.77. The van der Waals surface area contributed by atoms with E-state index in [0.29, 0.717) is 11.1 Å². The number of aromatic nitrogens is 1. The monoisotopic (exact) mass is 226 g/mol. The molecule has 0 aliphatic heterocycles. The number of carbonyl (C=O) groups is 1. The number of nitrogens with one attached hydrogen (secondary N) is 1. The molecule has 1 aromatic carbocycles. The molecule has 3 heteroatoms. The van der Waals surface area contributed by atoms with Gasteiger partial charge in [0.2, 0.25) is 0 Å². The van der Waals surface area contributed by atoms with Crippen molar-refractivity contribution in [1.82, 2.24) is 4.98 Å². The number of pyridine rings is 1. The number of ketones is 1. The van der Waals surface area contributed by atoms with Crippen molar-refractivity contribution in [1.29, 1.82) is 0 Å². The fourth-order valence-corrected chi connectivity index (χ4v) is 1.69. The van der Waals surface area contributed by atoms with Gasteiger partial charge in [0.25, 0.3) is 0 Å². The Kier molecular flexibility index (Phi) is 3.19. The molecule has 0 aliphatic carbocycles. The van der Waals surface area contributed by atoms with Crippen molar-refractivity contribution in [2.24, 2.45) is 0 Å². The lowest BCUT2D eigenvalue weighted by molar-refractivity contribution is 0.103. The lowest BCUT2D eigenvalue weighted by atomic mass is 10.0. The molecule has 1 N–H and O–H groups in total. The Morgan fingerprint density at radius 1 is 1.12 bits per heavy atom. The Morgan fingerprint density at radius 2 is 1.82 bits per heavy atom. The van der Waals surface area contributed by atoms with Crippen molar-refractivity contribution in [3.8, 4) is 0 Å². The summed E-state index contributed by atoms with van der Waals surface area (Å²) in [6.45, 7) is 1.84. The predicted molar refractivity (Wildman–Crippen MR) is 68.4 cm³/mol.